The molecule has 1 amide bonds. The third-order valence-electron chi connectivity index (χ3n) is 4.64. The van der Waals surface area contributed by atoms with E-state index in [0.29, 0.717) is 5.69 Å². The molecule has 12 heteroatoms. The first-order valence-electron chi connectivity index (χ1n) is 9.80. The van der Waals surface area contributed by atoms with Crippen LogP contribution in [0.4, 0.5) is 4.79 Å². The fraction of sp³-hybridized carbons (Fsp3) is 0.286. The van der Waals surface area contributed by atoms with Gasteiger partial charge in [0, 0.05) is 34.1 Å². The van der Waals surface area contributed by atoms with Crippen LogP contribution < -0.4 is 9.92 Å². The number of hydrogen-bond acceptors (Lipinski definition) is 7. The minimum Gasteiger partial charge on any atom is -0.442 e. The van der Waals surface area contributed by atoms with E-state index in [9.17, 15) is 13.2 Å². The topological polar surface area (TPSA) is 126 Å². The second-order valence-corrected chi connectivity index (χ2v) is 9.79. The number of hydrogen-bond donors (Lipinski definition) is 1. The number of carbonyl (C=O) groups excluding carboxylic acids is 1. The van der Waals surface area contributed by atoms with Crippen molar-refractivity contribution >= 4 is 39.4 Å². The van der Waals surface area contributed by atoms with Crippen molar-refractivity contribution < 1.29 is 22.1 Å². The zero-order valence-electron chi connectivity index (χ0n) is 18.1. The zero-order valence-corrected chi connectivity index (χ0v) is 20.4. The fourth-order valence-electron chi connectivity index (χ4n) is 3.15. The summed E-state index contributed by atoms with van der Waals surface area (Å²) in [6, 6.07) is 7.67. The van der Waals surface area contributed by atoms with Crippen LogP contribution in [0.2, 0.25) is 10.0 Å². The molecule has 0 spiro atoms. The van der Waals surface area contributed by atoms with E-state index < -0.39 is 16.2 Å². The van der Waals surface area contributed by atoms with Crippen molar-refractivity contribution in [1.29, 1.82) is 0 Å². The maximum Gasteiger partial charge on any atom is 0.404 e. The second-order valence-electron chi connectivity index (χ2n) is 7.46. The molecule has 2 heterocycles. The molecule has 33 heavy (non-hydrogen) atoms. The Morgan fingerprint density at radius 2 is 1.88 bits per heavy atom. The van der Waals surface area contributed by atoms with Gasteiger partial charge in [0.05, 0.1) is 12.2 Å². The van der Waals surface area contributed by atoms with Crippen LogP contribution >= 0.6 is 23.2 Å². The molecule has 0 bridgehead atoms. The van der Waals surface area contributed by atoms with Gasteiger partial charge in [0.2, 0.25) is 0 Å². The van der Waals surface area contributed by atoms with E-state index in [1.54, 1.807) is 33.0 Å². The number of ether oxygens (including phenoxy) is 1. The Morgan fingerprint density at radius 1 is 1.21 bits per heavy atom. The highest BCUT2D eigenvalue weighted by molar-refractivity contribution is 7.87. The third-order valence-corrected chi connectivity index (χ3v) is 6.39. The van der Waals surface area contributed by atoms with E-state index in [-0.39, 0.29) is 51.4 Å². The fourth-order valence-corrected chi connectivity index (χ4v) is 5.06. The van der Waals surface area contributed by atoms with E-state index in [4.69, 9.17) is 37.9 Å². The van der Waals surface area contributed by atoms with Gasteiger partial charge in [-0.3, -0.25) is 4.98 Å². The summed E-state index contributed by atoms with van der Waals surface area (Å²) in [7, 11) is -4.41. The SMILES string of the molecule is Cc1ncccc1Cn1c(COC(N)=O)nc(C(C)C)c1S(=O)(=O)Oc1cc(Cl)cc(Cl)c1. The number of pyridine rings is 1. The van der Waals surface area contributed by atoms with Gasteiger partial charge in [-0.25, -0.2) is 9.78 Å². The highest BCUT2D eigenvalue weighted by atomic mass is 35.5. The monoisotopic (exact) mass is 512 g/mol. The summed E-state index contributed by atoms with van der Waals surface area (Å²) < 4.78 is 38.7. The molecule has 2 aromatic heterocycles. The van der Waals surface area contributed by atoms with Gasteiger partial charge in [0.25, 0.3) is 0 Å². The van der Waals surface area contributed by atoms with Gasteiger partial charge in [0.15, 0.2) is 11.6 Å². The standard InChI is InChI=1S/C21H22Cl2N4O5S/c1-12(2)19-20(33(29,30)32-17-8-15(22)7-16(23)9-17)27(18(26-19)11-31-21(24)28)10-14-5-4-6-25-13(14)3/h4-9,12H,10-11H2,1-3H3,(H2,24,28). The lowest BCUT2D eigenvalue weighted by Crippen LogP contribution is -2.20. The predicted molar refractivity (Wildman–Crippen MR) is 123 cm³/mol. The van der Waals surface area contributed by atoms with Gasteiger partial charge in [-0.15, -0.1) is 0 Å². The van der Waals surface area contributed by atoms with E-state index in [0.717, 1.165) is 5.56 Å². The number of amides is 1. The molecule has 176 valence electrons. The summed E-state index contributed by atoms with van der Waals surface area (Å²) in [4.78, 5) is 19.9. The molecule has 2 N–H and O–H groups in total. The number of nitrogens with zero attached hydrogens (tertiary/aromatic N) is 3. The highest BCUT2D eigenvalue weighted by Gasteiger charge is 2.32. The number of aryl methyl sites for hydroxylation is 1. The number of primary amides is 1. The number of halogens is 2. The Bertz CT molecular complexity index is 1270. The molecule has 0 unspecified atom stereocenters. The van der Waals surface area contributed by atoms with Gasteiger partial charge < -0.3 is 19.2 Å². The van der Waals surface area contributed by atoms with Crippen LogP contribution in [0.5, 0.6) is 5.75 Å². The largest absolute Gasteiger partial charge is 0.442 e. The van der Waals surface area contributed by atoms with Crippen molar-refractivity contribution in [3.05, 3.63) is 69.3 Å². The van der Waals surface area contributed by atoms with Crippen molar-refractivity contribution in [2.75, 3.05) is 0 Å². The maximum absolute atomic E-state index is 13.5. The van der Waals surface area contributed by atoms with Crippen LogP contribution in [0.15, 0.2) is 41.6 Å². The van der Waals surface area contributed by atoms with Crippen molar-refractivity contribution in [2.45, 2.75) is 44.9 Å². The molecular formula is C21H22Cl2N4O5S. The molecular weight excluding hydrogens is 491 g/mol. The summed E-state index contributed by atoms with van der Waals surface area (Å²) in [5.41, 5.74) is 6.80. The lowest BCUT2D eigenvalue weighted by atomic mass is 10.1. The quantitative estimate of drug-likeness (QED) is 0.442. The van der Waals surface area contributed by atoms with Crippen LogP contribution in [0.1, 0.15) is 42.5 Å². The highest BCUT2D eigenvalue weighted by Crippen LogP contribution is 2.31. The molecule has 0 aliphatic heterocycles. The second kappa shape index (κ2) is 9.98. The van der Waals surface area contributed by atoms with Crippen LogP contribution in [0.3, 0.4) is 0 Å². The third kappa shape index (κ3) is 5.95. The average Bonchev–Trinajstić information content (AvgIpc) is 3.06. The normalized spacial score (nSPS) is 11.6. The first kappa shape index (κ1) is 24.8. The van der Waals surface area contributed by atoms with Crippen molar-refractivity contribution in [1.82, 2.24) is 14.5 Å². The average molecular weight is 513 g/mol. The van der Waals surface area contributed by atoms with Crippen molar-refractivity contribution in [2.24, 2.45) is 5.73 Å². The molecule has 3 aromatic rings. The van der Waals surface area contributed by atoms with Crippen molar-refractivity contribution in [3.8, 4) is 5.75 Å². The van der Waals surface area contributed by atoms with Gasteiger partial charge >= 0.3 is 16.2 Å². The predicted octanol–water partition coefficient (Wildman–Crippen LogP) is 4.43. The Labute approximate surface area is 201 Å². The number of benzene rings is 1. The van der Waals surface area contributed by atoms with Gasteiger partial charge in [0.1, 0.15) is 11.6 Å². The molecule has 0 fully saturated rings. The van der Waals surface area contributed by atoms with Gasteiger partial charge in [-0.2, -0.15) is 8.42 Å². The first-order chi connectivity index (χ1) is 15.5. The van der Waals surface area contributed by atoms with Crippen LogP contribution in [0.25, 0.3) is 0 Å². The number of carbonyl (C=O) groups is 1. The molecule has 0 saturated carbocycles. The summed E-state index contributed by atoms with van der Waals surface area (Å²) in [6.45, 7) is 5.14. The Morgan fingerprint density at radius 3 is 2.45 bits per heavy atom. The Kier molecular flexibility index (Phi) is 7.51. The number of nitrogens with two attached hydrogens (primary N) is 1. The Balaban J connectivity index is 2.18. The van der Waals surface area contributed by atoms with E-state index in [1.165, 1.54) is 22.8 Å². The van der Waals surface area contributed by atoms with Crippen LogP contribution in [0, 0.1) is 6.92 Å². The minimum absolute atomic E-state index is 0.0533. The van der Waals surface area contributed by atoms with Gasteiger partial charge in [-0.1, -0.05) is 43.1 Å². The summed E-state index contributed by atoms with van der Waals surface area (Å²) in [5.74, 6) is -0.167. The van der Waals surface area contributed by atoms with Crippen LogP contribution in [-0.4, -0.2) is 29.0 Å². The molecule has 1 aromatic carbocycles. The maximum atomic E-state index is 13.5. The first-order valence-corrected chi connectivity index (χ1v) is 12.0. The molecule has 0 saturated heterocycles. The van der Waals surface area contributed by atoms with Gasteiger partial charge in [-0.05, 0) is 30.5 Å². The lowest BCUT2D eigenvalue weighted by Gasteiger charge is -2.15. The summed E-state index contributed by atoms with van der Waals surface area (Å²) in [6.07, 6.45) is 0.620. The smallest absolute Gasteiger partial charge is 0.404 e. The minimum atomic E-state index is -4.41. The number of rotatable bonds is 8. The zero-order chi connectivity index (χ0) is 24.3. The molecule has 0 radical (unpaired) electrons. The molecule has 0 aliphatic rings. The van der Waals surface area contributed by atoms with Crippen molar-refractivity contribution in [3.63, 3.8) is 0 Å². The molecule has 3 rings (SSSR count). The summed E-state index contributed by atoms with van der Waals surface area (Å²) in [5, 5.41) is 0.249. The van der Waals surface area contributed by atoms with E-state index >= 15 is 0 Å². The van der Waals surface area contributed by atoms with Crippen LogP contribution in [-0.2, 0) is 28.0 Å². The van der Waals surface area contributed by atoms with E-state index in [2.05, 4.69) is 9.97 Å². The molecule has 9 nitrogen and oxygen atoms in total. The number of aromatic nitrogens is 3. The Hall–Kier alpha value is -2.82. The summed E-state index contributed by atoms with van der Waals surface area (Å²) >= 11 is 12.0. The van der Waals surface area contributed by atoms with E-state index in [1.807, 2.05) is 6.07 Å². The molecule has 0 aliphatic carbocycles. The lowest BCUT2D eigenvalue weighted by molar-refractivity contribution is 0.145. The molecule has 0 atom stereocenters. The number of imidazole rings is 1.